The van der Waals surface area contributed by atoms with Crippen LogP contribution in [0.15, 0.2) is 18.5 Å². The third kappa shape index (κ3) is 3.01. The summed E-state index contributed by atoms with van der Waals surface area (Å²) in [5.74, 6) is -0.555. The van der Waals surface area contributed by atoms with Crippen LogP contribution >= 0.6 is 0 Å². The molecular formula is C14H17N3O3. The van der Waals surface area contributed by atoms with E-state index in [2.05, 4.69) is 10.3 Å². The van der Waals surface area contributed by atoms with Crippen LogP contribution in [0, 0.1) is 6.92 Å². The van der Waals surface area contributed by atoms with Crippen LogP contribution in [0.3, 0.4) is 0 Å². The zero-order valence-electron chi connectivity index (χ0n) is 11.3. The Morgan fingerprint density at radius 1 is 1.55 bits per heavy atom. The van der Waals surface area contributed by atoms with Crippen LogP contribution in [0.4, 0.5) is 0 Å². The Labute approximate surface area is 117 Å². The van der Waals surface area contributed by atoms with Crippen LogP contribution in [0.25, 0.3) is 0 Å². The van der Waals surface area contributed by atoms with Gasteiger partial charge in [0.1, 0.15) is 6.29 Å². The minimum Gasteiger partial charge on any atom is -0.343 e. The molecule has 0 aromatic carbocycles. The fourth-order valence-corrected chi connectivity index (χ4v) is 2.30. The van der Waals surface area contributed by atoms with E-state index in [0.717, 1.165) is 18.3 Å². The van der Waals surface area contributed by atoms with E-state index in [1.54, 1.807) is 19.2 Å². The Morgan fingerprint density at radius 3 is 3.05 bits per heavy atom. The fourth-order valence-electron chi connectivity index (χ4n) is 2.30. The highest BCUT2D eigenvalue weighted by Crippen LogP contribution is 2.15. The number of carbonyl (C=O) groups is 3. The molecule has 1 fully saturated rings. The van der Waals surface area contributed by atoms with Crippen molar-refractivity contribution < 1.29 is 14.4 Å². The Bertz CT molecular complexity index is 530. The molecule has 1 aliphatic rings. The molecule has 1 aliphatic heterocycles. The molecule has 0 unspecified atom stereocenters. The summed E-state index contributed by atoms with van der Waals surface area (Å²) < 4.78 is 0. The highest BCUT2D eigenvalue weighted by Gasteiger charge is 2.28. The van der Waals surface area contributed by atoms with Gasteiger partial charge in [-0.1, -0.05) is 0 Å². The summed E-state index contributed by atoms with van der Waals surface area (Å²) in [7, 11) is 0. The molecule has 2 rings (SSSR count). The first-order valence-corrected chi connectivity index (χ1v) is 6.57. The molecular weight excluding hydrogens is 258 g/mol. The van der Waals surface area contributed by atoms with Gasteiger partial charge in [0, 0.05) is 18.9 Å². The largest absolute Gasteiger partial charge is 0.343 e. The van der Waals surface area contributed by atoms with Crippen molar-refractivity contribution in [2.45, 2.75) is 25.8 Å². The minimum atomic E-state index is -0.348. The summed E-state index contributed by atoms with van der Waals surface area (Å²) in [6.45, 7) is 2.28. The van der Waals surface area contributed by atoms with Gasteiger partial charge in [0.2, 0.25) is 5.91 Å². The van der Waals surface area contributed by atoms with E-state index in [9.17, 15) is 14.4 Å². The van der Waals surface area contributed by atoms with Crippen molar-refractivity contribution in [3.8, 4) is 0 Å². The van der Waals surface area contributed by atoms with E-state index in [1.165, 1.54) is 11.1 Å². The Morgan fingerprint density at radius 2 is 2.35 bits per heavy atom. The van der Waals surface area contributed by atoms with Gasteiger partial charge >= 0.3 is 0 Å². The molecule has 1 aromatic rings. The second-order valence-electron chi connectivity index (χ2n) is 4.81. The van der Waals surface area contributed by atoms with E-state index in [1.807, 2.05) is 0 Å². The number of hydrogen-bond acceptors (Lipinski definition) is 4. The average molecular weight is 275 g/mol. The minimum absolute atomic E-state index is 0.0997. The number of nitrogens with one attached hydrogen (secondary N) is 1. The number of hydrogen-bond donors (Lipinski definition) is 1. The smallest absolute Gasteiger partial charge is 0.253 e. The molecule has 1 atom stereocenters. The maximum Gasteiger partial charge on any atom is 0.253 e. The summed E-state index contributed by atoms with van der Waals surface area (Å²) in [6, 6.07) is 1.39. The van der Waals surface area contributed by atoms with Crippen molar-refractivity contribution in [3.63, 3.8) is 0 Å². The summed E-state index contributed by atoms with van der Waals surface area (Å²) in [6.07, 6.45) is 5.39. The van der Waals surface area contributed by atoms with Gasteiger partial charge in [-0.05, 0) is 31.4 Å². The normalized spacial score (nSPS) is 17.9. The molecule has 0 radical (unpaired) electrons. The quantitative estimate of drug-likeness (QED) is 0.802. The first kappa shape index (κ1) is 14.2. The molecule has 0 aliphatic carbocycles. The molecule has 1 aromatic heterocycles. The molecule has 106 valence electrons. The summed E-state index contributed by atoms with van der Waals surface area (Å²) in [5, 5.41) is 2.58. The summed E-state index contributed by atoms with van der Waals surface area (Å²) >= 11 is 0. The Hall–Kier alpha value is -2.24. The van der Waals surface area contributed by atoms with Crippen molar-refractivity contribution in [1.29, 1.82) is 0 Å². The maximum absolute atomic E-state index is 12.0. The molecule has 2 heterocycles. The lowest BCUT2D eigenvalue weighted by Crippen LogP contribution is -2.43. The molecule has 0 bridgehead atoms. The molecule has 20 heavy (non-hydrogen) atoms. The fraction of sp³-hybridized carbons (Fsp3) is 0.429. The van der Waals surface area contributed by atoms with E-state index in [-0.39, 0.29) is 24.4 Å². The van der Waals surface area contributed by atoms with Crippen molar-refractivity contribution in [2.75, 3.05) is 13.1 Å². The number of pyridine rings is 1. The zero-order chi connectivity index (χ0) is 14.5. The molecule has 1 N–H and O–H groups in total. The molecule has 0 spiro atoms. The standard InChI is InChI=1S/C14H17N3O3/c1-10-4-5-15-7-12(10)14(20)16-8-13(19)17-6-2-3-11(17)9-18/h4-5,7,9,11H,2-3,6,8H2,1H3,(H,16,20)/t11-/m0/s1. The van der Waals surface area contributed by atoms with Crippen LogP contribution in [0.5, 0.6) is 0 Å². The zero-order valence-corrected chi connectivity index (χ0v) is 11.3. The Balaban J connectivity index is 1.92. The first-order chi connectivity index (χ1) is 9.63. The molecule has 6 heteroatoms. The van der Waals surface area contributed by atoms with Crippen molar-refractivity contribution in [2.24, 2.45) is 0 Å². The number of aromatic nitrogens is 1. The van der Waals surface area contributed by atoms with Crippen molar-refractivity contribution in [1.82, 2.24) is 15.2 Å². The van der Waals surface area contributed by atoms with Crippen molar-refractivity contribution in [3.05, 3.63) is 29.6 Å². The summed E-state index contributed by atoms with van der Waals surface area (Å²) in [4.78, 5) is 40.2. The van der Waals surface area contributed by atoms with Gasteiger partial charge in [0.25, 0.3) is 5.91 Å². The SMILES string of the molecule is Cc1ccncc1C(=O)NCC(=O)N1CCC[C@H]1C=O. The number of amides is 2. The summed E-state index contributed by atoms with van der Waals surface area (Å²) in [5.41, 5.74) is 1.26. The number of rotatable bonds is 4. The predicted molar refractivity (Wildman–Crippen MR) is 72.1 cm³/mol. The number of aldehydes is 1. The third-order valence-electron chi connectivity index (χ3n) is 3.46. The number of nitrogens with zero attached hydrogens (tertiary/aromatic N) is 2. The van der Waals surface area contributed by atoms with Crippen LogP contribution in [0.2, 0.25) is 0 Å². The first-order valence-electron chi connectivity index (χ1n) is 6.57. The second kappa shape index (κ2) is 6.27. The van der Waals surface area contributed by atoms with Gasteiger partial charge in [0.05, 0.1) is 18.2 Å². The van der Waals surface area contributed by atoms with E-state index in [0.29, 0.717) is 18.5 Å². The molecule has 2 amide bonds. The third-order valence-corrected chi connectivity index (χ3v) is 3.46. The van der Waals surface area contributed by atoms with E-state index < -0.39 is 0 Å². The van der Waals surface area contributed by atoms with Gasteiger partial charge in [-0.15, -0.1) is 0 Å². The highest BCUT2D eigenvalue weighted by atomic mass is 16.2. The van der Waals surface area contributed by atoms with E-state index >= 15 is 0 Å². The van der Waals surface area contributed by atoms with Crippen LogP contribution in [0.1, 0.15) is 28.8 Å². The molecule has 6 nitrogen and oxygen atoms in total. The number of carbonyl (C=O) groups excluding carboxylic acids is 3. The highest BCUT2D eigenvalue weighted by molar-refractivity contribution is 5.97. The van der Waals surface area contributed by atoms with Crippen LogP contribution in [-0.4, -0.2) is 47.1 Å². The van der Waals surface area contributed by atoms with Gasteiger partial charge < -0.3 is 15.0 Å². The lowest BCUT2D eigenvalue weighted by atomic mass is 10.1. The van der Waals surface area contributed by atoms with Gasteiger partial charge in [-0.25, -0.2) is 0 Å². The molecule has 1 saturated heterocycles. The molecule has 0 saturated carbocycles. The second-order valence-corrected chi connectivity index (χ2v) is 4.81. The van der Waals surface area contributed by atoms with Crippen LogP contribution < -0.4 is 5.32 Å². The maximum atomic E-state index is 12.0. The number of aryl methyl sites for hydroxylation is 1. The number of likely N-dealkylation sites (tertiary alicyclic amines) is 1. The predicted octanol–water partition coefficient (Wildman–Crippen LogP) is 0.310. The van der Waals surface area contributed by atoms with Crippen LogP contribution in [-0.2, 0) is 9.59 Å². The Kier molecular flexibility index (Phi) is 4.45. The lowest BCUT2D eigenvalue weighted by Gasteiger charge is -2.20. The lowest BCUT2D eigenvalue weighted by molar-refractivity contribution is -0.133. The van der Waals surface area contributed by atoms with Crippen molar-refractivity contribution >= 4 is 18.1 Å². The van der Waals surface area contributed by atoms with E-state index in [4.69, 9.17) is 0 Å². The monoisotopic (exact) mass is 275 g/mol. The van der Waals surface area contributed by atoms with Gasteiger partial charge in [-0.3, -0.25) is 14.6 Å². The average Bonchev–Trinajstić information content (AvgIpc) is 2.93. The topological polar surface area (TPSA) is 79.4 Å². The van der Waals surface area contributed by atoms with Gasteiger partial charge in [-0.2, -0.15) is 0 Å². The van der Waals surface area contributed by atoms with Gasteiger partial charge in [0.15, 0.2) is 0 Å².